The van der Waals surface area contributed by atoms with Crippen LogP contribution in [0.1, 0.15) is 22.3 Å². The maximum atomic E-state index is 2.28. The van der Waals surface area contributed by atoms with Gasteiger partial charge in [0.1, 0.15) is 0 Å². The number of aryl methyl sites for hydroxylation is 4. The average Bonchev–Trinajstić information content (AvgIpc) is 3.18. The second-order valence-corrected chi connectivity index (χ2v) is 7.44. The van der Waals surface area contributed by atoms with Crippen molar-refractivity contribution in [3.05, 3.63) is 95.1 Å². The van der Waals surface area contributed by atoms with Crippen LogP contribution in [0.15, 0.2) is 72.8 Å². The van der Waals surface area contributed by atoms with E-state index in [1.54, 1.807) is 0 Å². The van der Waals surface area contributed by atoms with Gasteiger partial charge < -0.3 is 24.8 Å². The van der Waals surface area contributed by atoms with Crippen LogP contribution in [0.5, 0.6) is 0 Å². The Labute approximate surface area is 205 Å². The van der Waals surface area contributed by atoms with Crippen molar-refractivity contribution in [2.24, 2.45) is 0 Å². The summed E-state index contributed by atoms with van der Waals surface area (Å²) in [7, 11) is 0. The summed E-state index contributed by atoms with van der Waals surface area (Å²) < 4.78 is 0. The normalized spacial score (nSPS) is 9.93. The van der Waals surface area contributed by atoms with Gasteiger partial charge in [0.15, 0.2) is 0 Å². The first kappa shape index (κ1) is 25.6. The second-order valence-electron chi connectivity index (χ2n) is 7.44. The topological polar surface area (TPSA) is 0 Å². The van der Waals surface area contributed by atoms with Gasteiger partial charge in [-0.1, -0.05) is 53.9 Å². The van der Waals surface area contributed by atoms with Crippen molar-refractivity contribution in [1.82, 2.24) is 0 Å². The molecule has 0 aromatic heterocycles. The number of fused-ring (bicyclic) bond motifs is 4. The minimum Gasteiger partial charge on any atom is -1.00 e. The molecular formula is C26H24Cl2Zr. The Hall–Kier alpha value is -1.40. The maximum Gasteiger partial charge on any atom is 4.00 e. The fraction of sp³-hybridized carbons (Fsp3) is 0.154. The Morgan fingerprint density at radius 2 is 1.17 bits per heavy atom. The molecule has 0 fully saturated rings. The Morgan fingerprint density at radius 3 is 1.72 bits per heavy atom. The average molecular weight is 499 g/mol. The van der Waals surface area contributed by atoms with Crippen molar-refractivity contribution < 1.29 is 51.0 Å². The zero-order chi connectivity index (χ0) is 18.3. The molecule has 0 atom stereocenters. The number of hydrogen-bond donors (Lipinski definition) is 0. The molecule has 0 bridgehead atoms. The van der Waals surface area contributed by atoms with Gasteiger partial charge in [0, 0.05) is 0 Å². The predicted molar refractivity (Wildman–Crippen MR) is 116 cm³/mol. The Balaban J connectivity index is 0.000000273. The van der Waals surface area contributed by atoms with Crippen molar-refractivity contribution in [2.75, 3.05) is 0 Å². The maximum absolute atomic E-state index is 2.28. The van der Waals surface area contributed by atoms with Crippen molar-refractivity contribution in [3.63, 3.8) is 0 Å². The molecule has 0 saturated heterocycles. The zero-order valence-electron chi connectivity index (χ0n) is 17.2. The minimum absolute atomic E-state index is 0. The van der Waals surface area contributed by atoms with Crippen LogP contribution in [0.25, 0.3) is 32.3 Å². The Morgan fingerprint density at radius 1 is 0.621 bits per heavy atom. The van der Waals surface area contributed by atoms with Crippen molar-refractivity contribution in [1.29, 1.82) is 0 Å². The molecule has 0 aliphatic heterocycles. The van der Waals surface area contributed by atoms with E-state index in [9.17, 15) is 0 Å². The van der Waals surface area contributed by atoms with Gasteiger partial charge in [-0.2, -0.15) is 12.1 Å². The van der Waals surface area contributed by atoms with E-state index in [1.165, 1.54) is 54.6 Å². The third kappa shape index (κ3) is 5.40. The molecule has 5 aromatic rings. The third-order valence-corrected chi connectivity index (χ3v) is 5.12. The fourth-order valence-electron chi connectivity index (χ4n) is 3.89. The minimum atomic E-state index is 0. The summed E-state index contributed by atoms with van der Waals surface area (Å²) in [6, 6.07) is 26.5. The van der Waals surface area contributed by atoms with Crippen molar-refractivity contribution in [3.8, 4) is 0 Å². The van der Waals surface area contributed by atoms with E-state index in [-0.39, 0.29) is 51.0 Å². The molecular weight excluding hydrogens is 474 g/mol. The van der Waals surface area contributed by atoms with Gasteiger partial charge in [0.05, 0.1) is 0 Å². The molecule has 0 aliphatic rings. The van der Waals surface area contributed by atoms with E-state index in [0.717, 1.165) is 0 Å². The molecule has 0 amide bonds. The van der Waals surface area contributed by atoms with E-state index in [2.05, 4.69) is 100 Å². The number of hydrogen-bond acceptors (Lipinski definition) is 0. The van der Waals surface area contributed by atoms with E-state index in [0.29, 0.717) is 0 Å². The monoisotopic (exact) mass is 496 g/mol. The predicted octanol–water partition coefficient (Wildman–Crippen LogP) is 1.51. The van der Waals surface area contributed by atoms with Crippen LogP contribution in [0.4, 0.5) is 0 Å². The number of rotatable bonds is 0. The van der Waals surface area contributed by atoms with Crippen LogP contribution in [0.3, 0.4) is 0 Å². The summed E-state index contributed by atoms with van der Waals surface area (Å²) in [5.41, 5.74) is 5.38. The fourth-order valence-corrected chi connectivity index (χ4v) is 3.89. The molecule has 0 heterocycles. The number of benzene rings is 3. The molecule has 0 spiro atoms. The SMILES string of the molecule is Cc1cc(C)c2[cH-]ccc2c1.Cc1ccc2c(c1)[cH-]c1cc(C)ccc12.[Cl-].[Cl-].[Zr+4]. The zero-order valence-corrected chi connectivity index (χ0v) is 21.2. The van der Waals surface area contributed by atoms with Crippen molar-refractivity contribution in [2.45, 2.75) is 27.7 Å². The summed E-state index contributed by atoms with van der Waals surface area (Å²) in [5, 5.41) is 8.20. The summed E-state index contributed by atoms with van der Waals surface area (Å²) in [6.07, 6.45) is 0. The van der Waals surface area contributed by atoms with Crippen LogP contribution < -0.4 is 24.8 Å². The molecule has 0 aliphatic carbocycles. The molecule has 0 radical (unpaired) electrons. The molecule has 0 nitrogen and oxygen atoms in total. The first-order valence-corrected chi connectivity index (χ1v) is 9.20. The van der Waals surface area contributed by atoms with Crippen LogP contribution in [-0.4, -0.2) is 0 Å². The van der Waals surface area contributed by atoms with E-state index in [1.807, 2.05) is 0 Å². The van der Waals surface area contributed by atoms with Gasteiger partial charge >= 0.3 is 26.2 Å². The van der Waals surface area contributed by atoms with Gasteiger partial charge in [0.25, 0.3) is 0 Å². The van der Waals surface area contributed by atoms with Crippen LogP contribution in [0.2, 0.25) is 0 Å². The first-order chi connectivity index (χ1) is 12.5. The molecule has 3 heteroatoms. The van der Waals surface area contributed by atoms with E-state index < -0.39 is 0 Å². The molecule has 29 heavy (non-hydrogen) atoms. The standard InChI is InChI=1S/C15H13.C11H11.2ClH.Zr/c1-10-3-5-14-12(7-10)9-13-8-11(2)4-6-15(13)14;1-8-6-9(2)11-5-3-4-10(11)7-8;;;/h3-9H,1-2H3;3-7H,1-2H3;2*1H;/q2*-1;;;+4/p-2. The summed E-state index contributed by atoms with van der Waals surface area (Å²) >= 11 is 0. The molecule has 146 valence electrons. The quantitative estimate of drug-likeness (QED) is 0.284. The van der Waals surface area contributed by atoms with E-state index in [4.69, 9.17) is 0 Å². The molecule has 5 rings (SSSR count). The molecule has 0 unspecified atom stereocenters. The van der Waals surface area contributed by atoms with Gasteiger partial charge in [-0.15, -0.1) is 68.2 Å². The largest absolute Gasteiger partial charge is 4.00 e. The number of halogens is 2. The van der Waals surface area contributed by atoms with Crippen LogP contribution in [0, 0.1) is 27.7 Å². The third-order valence-electron chi connectivity index (χ3n) is 5.12. The Bertz CT molecular complexity index is 1170. The van der Waals surface area contributed by atoms with Gasteiger partial charge in [0.2, 0.25) is 0 Å². The van der Waals surface area contributed by atoms with Gasteiger partial charge in [-0.3, -0.25) is 0 Å². The van der Waals surface area contributed by atoms with Gasteiger partial charge in [-0.25, -0.2) is 0 Å². The van der Waals surface area contributed by atoms with E-state index >= 15 is 0 Å². The smallest absolute Gasteiger partial charge is 1.00 e. The van der Waals surface area contributed by atoms with Crippen LogP contribution in [-0.2, 0) is 26.2 Å². The van der Waals surface area contributed by atoms with Crippen molar-refractivity contribution >= 4 is 32.3 Å². The van der Waals surface area contributed by atoms with Gasteiger partial charge in [-0.05, 0) is 20.8 Å². The molecule has 5 aromatic carbocycles. The summed E-state index contributed by atoms with van der Waals surface area (Å²) in [5.74, 6) is 0. The molecule has 0 saturated carbocycles. The summed E-state index contributed by atoms with van der Waals surface area (Å²) in [4.78, 5) is 0. The first-order valence-electron chi connectivity index (χ1n) is 9.20. The molecule has 0 N–H and O–H groups in total. The van der Waals surface area contributed by atoms with Crippen LogP contribution >= 0.6 is 0 Å². The second kappa shape index (κ2) is 10.6. The summed E-state index contributed by atoms with van der Waals surface area (Å²) in [6.45, 7) is 8.58. The Kier molecular flexibility index (Phi) is 9.35.